The number of rotatable bonds is 17. The predicted octanol–water partition coefficient (Wildman–Crippen LogP) is 1.75. The number of ether oxygens (including phenoxy) is 2. The fourth-order valence-corrected chi connectivity index (χ4v) is 2.94. The standard InChI is InChI=1S/C26H40N4O7/c1-20(2)18-36-25(34)13-15-27-23(32)17-30(3)24(33)16-29-22(31)12-8-5-9-14-28-26(35)37-19-21-10-6-4-7-11-21/h4,6-7,10-11,20H,5,8-9,12-19H2,1-3H3,(H,27,32)(H,28,35)(H,29,31). The summed E-state index contributed by atoms with van der Waals surface area (Å²) in [7, 11) is 1.46. The van der Waals surface area contributed by atoms with Crippen molar-refractivity contribution in [2.75, 3.05) is 39.8 Å². The molecule has 0 atom stereocenters. The lowest BCUT2D eigenvalue weighted by atomic mass is 10.2. The van der Waals surface area contributed by atoms with Gasteiger partial charge in [-0.3, -0.25) is 19.2 Å². The lowest BCUT2D eigenvalue weighted by Crippen LogP contribution is -2.43. The van der Waals surface area contributed by atoms with Crippen LogP contribution in [-0.2, 0) is 35.3 Å². The normalized spacial score (nSPS) is 10.4. The van der Waals surface area contributed by atoms with Crippen molar-refractivity contribution in [3.05, 3.63) is 35.9 Å². The molecule has 1 rings (SSSR count). The number of carbonyl (C=O) groups excluding carboxylic acids is 5. The minimum Gasteiger partial charge on any atom is -0.465 e. The second-order valence-corrected chi connectivity index (χ2v) is 9.00. The molecule has 0 aliphatic rings. The van der Waals surface area contributed by atoms with Crippen LogP contribution >= 0.6 is 0 Å². The third-order valence-electron chi connectivity index (χ3n) is 5.03. The van der Waals surface area contributed by atoms with E-state index in [-0.39, 0.29) is 50.9 Å². The van der Waals surface area contributed by atoms with E-state index in [0.717, 1.165) is 12.0 Å². The van der Waals surface area contributed by atoms with Gasteiger partial charge in [0.1, 0.15) is 6.61 Å². The predicted molar refractivity (Wildman–Crippen MR) is 137 cm³/mol. The summed E-state index contributed by atoms with van der Waals surface area (Å²) in [6.45, 7) is 4.58. The Morgan fingerprint density at radius 3 is 2.27 bits per heavy atom. The van der Waals surface area contributed by atoms with E-state index in [1.54, 1.807) is 0 Å². The van der Waals surface area contributed by atoms with Crippen LogP contribution in [0.5, 0.6) is 0 Å². The van der Waals surface area contributed by atoms with Crippen LogP contribution in [0.15, 0.2) is 30.3 Å². The SMILES string of the molecule is CC(C)COC(=O)CCNC(=O)CN(C)C(=O)CNC(=O)CCCCCNC(=O)OCc1ccccc1. The topological polar surface area (TPSA) is 143 Å². The molecule has 0 saturated carbocycles. The van der Waals surface area contributed by atoms with Crippen molar-refractivity contribution in [3.8, 4) is 0 Å². The van der Waals surface area contributed by atoms with Gasteiger partial charge in [-0.1, -0.05) is 50.6 Å². The van der Waals surface area contributed by atoms with Crippen molar-refractivity contribution in [2.24, 2.45) is 5.92 Å². The Bertz CT molecular complexity index is 862. The lowest BCUT2D eigenvalue weighted by molar-refractivity contribution is -0.144. The largest absolute Gasteiger partial charge is 0.465 e. The van der Waals surface area contributed by atoms with Gasteiger partial charge in [0.25, 0.3) is 0 Å². The maximum atomic E-state index is 12.1. The Morgan fingerprint density at radius 1 is 0.838 bits per heavy atom. The summed E-state index contributed by atoms with van der Waals surface area (Å²) in [5.41, 5.74) is 0.910. The van der Waals surface area contributed by atoms with Gasteiger partial charge in [-0.25, -0.2) is 4.79 Å². The zero-order valence-corrected chi connectivity index (χ0v) is 22.0. The van der Waals surface area contributed by atoms with E-state index in [1.807, 2.05) is 44.2 Å². The van der Waals surface area contributed by atoms with Crippen LogP contribution in [0.1, 0.15) is 51.5 Å². The molecular formula is C26H40N4O7. The number of hydrogen-bond donors (Lipinski definition) is 3. The van der Waals surface area contributed by atoms with Crippen molar-refractivity contribution in [3.63, 3.8) is 0 Å². The fraction of sp³-hybridized carbons (Fsp3) is 0.577. The first-order valence-electron chi connectivity index (χ1n) is 12.5. The van der Waals surface area contributed by atoms with Gasteiger partial charge >= 0.3 is 12.1 Å². The van der Waals surface area contributed by atoms with Crippen molar-refractivity contribution >= 4 is 29.8 Å². The molecule has 11 nitrogen and oxygen atoms in total. The maximum absolute atomic E-state index is 12.1. The molecule has 0 aliphatic heterocycles. The summed E-state index contributed by atoms with van der Waals surface area (Å²) in [6.07, 6.45) is 1.86. The number of unbranched alkanes of at least 4 members (excludes halogenated alkanes) is 2. The Morgan fingerprint density at radius 2 is 1.57 bits per heavy atom. The molecule has 0 saturated heterocycles. The fourth-order valence-electron chi connectivity index (χ4n) is 2.94. The number of likely N-dealkylation sites (N-methyl/N-ethyl adjacent to an activating group) is 1. The van der Waals surface area contributed by atoms with E-state index in [0.29, 0.717) is 26.0 Å². The molecular weight excluding hydrogens is 480 g/mol. The third kappa shape index (κ3) is 16.6. The molecule has 0 bridgehead atoms. The average Bonchev–Trinajstić information content (AvgIpc) is 2.87. The number of amides is 4. The van der Waals surface area contributed by atoms with Crippen LogP contribution in [0.3, 0.4) is 0 Å². The van der Waals surface area contributed by atoms with Gasteiger partial charge in [0.05, 0.1) is 26.1 Å². The molecule has 0 aromatic heterocycles. The molecule has 0 aliphatic carbocycles. The molecule has 37 heavy (non-hydrogen) atoms. The molecule has 11 heteroatoms. The Kier molecular flexibility index (Phi) is 15.8. The van der Waals surface area contributed by atoms with Crippen molar-refractivity contribution < 1.29 is 33.4 Å². The second-order valence-electron chi connectivity index (χ2n) is 9.00. The van der Waals surface area contributed by atoms with E-state index >= 15 is 0 Å². The third-order valence-corrected chi connectivity index (χ3v) is 5.03. The summed E-state index contributed by atoms with van der Waals surface area (Å²) >= 11 is 0. The van der Waals surface area contributed by atoms with Gasteiger partial charge in [0, 0.05) is 26.6 Å². The Labute approximate surface area is 218 Å². The first-order chi connectivity index (χ1) is 17.7. The minimum atomic E-state index is -0.484. The number of alkyl carbamates (subject to hydrolysis) is 1. The molecule has 0 fully saturated rings. The number of hydrogen-bond acceptors (Lipinski definition) is 7. The number of esters is 1. The summed E-state index contributed by atoms with van der Waals surface area (Å²) in [6, 6.07) is 9.39. The summed E-state index contributed by atoms with van der Waals surface area (Å²) in [4.78, 5) is 60.4. The highest BCUT2D eigenvalue weighted by atomic mass is 16.5. The van der Waals surface area contributed by atoms with Gasteiger partial charge in [-0.2, -0.15) is 0 Å². The van der Waals surface area contributed by atoms with Crippen molar-refractivity contribution in [1.29, 1.82) is 0 Å². The molecule has 0 radical (unpaired) electrons. The number of nitrogens with zero attached hydrogens (tertiary/aromatic N) is 1. The zero-order valence-electron chi connectivity index (χ0n) is 22.0. The molecule has 3 N–H and O–H groups in total. The van der Waals surface area contributed by atoms with Gasteiger partial charge in [0.15, 0.2) is 0 Å². The van der Waals surface area contributed by atoms with Gasteiger partial charge < -0.3 is 30.3 Å². The minimum absolute atomic E-state index is 0.0561. The lowest BCUT2D eigenvalue weighted by Gasteiger charge is -2.17. The van der Waals surface area contributed by atoms with Crippen LogP contribution in [0, 0.1) is 5.92 Å². The first kappa shape index (κ1) is 31.4. The van der Waals surface area contributed by atoms with Crippen molar-refractivity contribution in [2.45, 2.75) is 52.6 Å². The van der Waals surface area contributed by atoms with Crippen LogP contribution in [0.2, 0.25) is 0 Å². The van der Waals surface area contributed by atoms with Crippen LogP contribution in [0.25, 0.3) is 0 Å². The second kappa shape index (κ2) is 18.6. The van der Waals surface area contributed by atoms with E-state index in [1.165, 1.54) is 11.9 Å². The smallest absolute Gasteiger partial charge is 0.407 e. The van der Waals surface area contributed by atoms with Gasteiger partial charge in [-0.15, -0.1) is 0 Å². The number of carbonyl (C=O) groups is 5. The van der Waals surface area contributed by atoms with E-state index in [9.17, 15) is 24.0 Å². The molecule has 1 aromatic rings. The molecule has 0 heterocycles. The van der Waals surface area contributed by atoms with Crippen LogP contribution in [0.4, 0.5) is 4.79 Å². The van der Waals surface area contributed by atoms with E-state index in [2.05, 4.69) is 16.0 Å². The molecule has 206 valence electrons. The quantitative estimate of drug-likeness (QED) is 0.210. The summed E-state index contributed by atoms with van der Waals surface area (Å²) < 4.78 is 10.1. The monoisotopic (exact) mass is 520 g/mol. The summed E-state index contributed by atoms with van der Waals surface area (Å²) in [5, 5.41) is 7.78. The Hall–Kier alpha value is -3.63. The molecule has 4 amide bonds. The highest BCUT2D eigenvalue weighted by Gasteiger charge is 2.14. The maximum Gasteiger partial charge on any atom is 0.407 e. The van der Waals surface area contributed by atoms with Gasteiger partial charge in [-0.05, 0) is 24.3 Å². The highest BCUT2D eigenvalue weighted by molar-refractivity contribution is 5.88. The van der Waals surface area contributed by atoms with Crippen LogP contribution in [-0.4, -0.2) is 74.5 Å². The zero-order chi connectivity index (χ0) is 27.5. The van der Waals surface area contributed by atoms with E-state index < -0.39 is 23.9 Å². The number of nitrogens with one attached hydrogen (secondary N) is 3. The van der Waals surface area contributed by atoms with Crippen LogP contribution < -0.4 is 16.0 Å². The summed E-state index contributed by atoms with van der Waals surface area (Å²) in [5.74, 6) is -1.22. The Balaban J connectivity index is 2.05. The van der Waals surface area contributed by atoms with Gasteiger partial charge in [0.2, 0.25) is 17.7 Å². The van der Waals surface area contributed by atoms with E-state index in [4.69, 9.17) is 9.47 Å². The molecule has 0 spiro atoms. The number of benzene rings is 1. The molecule has 1 aromatic carbocycles. The van der Waals surface area contributed by atoms with Crippen molar-refractivity contribution in [1.82, 2.24) is 20.9 Å². The first-order valence-corrected chi connectivity index (χ1v) is 12.5. The average molecular weight is 521 g/mol. The highest BCUT2D eigenvalue weighted by Crippen LogP contribution is 2.02. The molecule has 0 unspecified atom stereocenters.